The predicted molar refractivity (Wildman–Crippen MR) is 80.9 cm³/mol. The van der Waals surface area contributed by atoms with Crippen LogP contribution in [0.3, 0.4) is 0 Å². The standard InChI is InChI=1S/C17H25NO2/c1-19-12-13-9-10-16(15-8-5-11-20-17(13)15)18-14-6-3-2-4-7-14/h2-4,6-7,13,15-18H,5,8-12H2,1H3/t13?,15?,16-,17?/m0/s1. The molecule has 1 N–H and O–H groups in total. The highest BCUT2D eigenvalue weighted by atomic mass is 16.5. The Labute approximate surface area is 121 Å². The van der Waals surface area contributed by atoms with Gasteiger partial charge in [-0.25, -0.2) is 0 Å². The van der Waals surface area contributed by atoms with Crippen molar-refractivity contribution in [2.75, 3.05) is 25.6 Å². The van der Waals surface area contributed by atoms with E-state index in [4.69, 9.17) is 9.47 Å². The summed E-state index contributed by atoms with van der Waals surface area (Å²) < 4.78 is 11.5. The third kappa shape index (κ3) is 2.99. The van der Waals surface area contributed by atoms with Crippen molar-refractivity contribution in [3.8, 4) is 0 Å². The fourth-order valence-corrected chi connectivity index (χ4v) is 3.83. The number of benzene rings is 1. The molecule has 2 aliphatic rings. The number of hydrogen-bond donors (Lipinski definition) is 1. The van der Waals surface area contributed by atoms with E-state index in [1.165, 1.54) is 31.4 Å². The average molecular weight is 275 g/mol. The van der Waals surface area contributed by atoms with Gasteiger partial charge in [0.15, 0.2) is 0 Å². The Morgan fingerprint density at radius 3 is 2.85 bits per heavy atom. The molecule has 1 aliphatic heterocycles. The van der Waals surface area contributed by atoms with Crippen molar-refractivity contribution in [2.45, 2.75) is 37.8 Å². The largest absolute Gasteiger partial charge is 0.384 e. The van der Waals surface area contributed by atoms with Crippen LogP contribution < -0.4 is 5.32 Å². The molecule has 0 amide bonds. The fourth-order valence-electron chi connectivity index (χ4n) is 3.83. The summed E-state index contributed by atoms with van der Waals surface area (Å²) in [6, 6.07) is 11.1. The van der Waals surface area contributed by atoms with E-state index in [2.05, 4.69) is 35.6 Å². The second kappa shape index (κ2) is 6.59. The van der Waals surface area contributed by atoms with Gasteiger partial charge in [0.25, 0.3) is 0 Å². The van der Waals surface area contributed by atoms with Gasteiger partial charge in [-0.05, 0) is 37.8 Å². The van der Waals surface area contributed by atoms with Gasteiger partial charge in [-0.3, -0.25) is 0 Å². The van der Waals surface area contributed by atoms with Crippen molar-refractivity contribution in [3.05, 3.63) is 30.3 Å². The highest BCUT2D eigenvalue weighted by Gasteiger charge is 2.41. The van der Waals surface area contributed by atoms with E-state index in [0.29, 0.717) is 24.0 Å². The maximum Gasteiger partial charge on any atom is 0.0672 e. The van der Waals surface area contributed by atoms with E-state index in [-0.39, 0.29) is 0 Å². The number of hydrogen-bond acceptors (Lipinski definition) is 3. The lowest BCUT2D eigenvalue weighted by Gasteiger charge is -2.45. The van der Waals surface area contributed by atoms with Crippen LogP contribution in [0.4, 0.5) is 5.69 Å². The molecule has 3 nitrogen and oxygen atoms in total. The van der Waals surface area contributed by atoms with Gasteiger partial charge in [-0.1, -0.05) is 18.2 Å². The first kappa shape index (κ1) is 13.9. The van der Waals surface area contributed by atoms with E-state index >= 15 is 0 Å². The summed E-state index contributed by atoms with van der Waals surface area (Å²) in [5.74, 6) is 1.19. The van der Waals surface area contributed by atoms with Crippen LogP contribution in [0, 0.1) is 11.8 Å². The SMILES string of the molecule is COCC1CC[C@H](Nc2ccccc2)C2CCCOC12. The van der Waals surface area contributed by atoms with Gasteiger partial charge >= 0.3 is 0 Å². The Balaban J connectivity index is 1.69. The van der Waals surface area contributed by atoms with Crippen molar-refractivity contribution in [3.63, 3.8) is 0 Å². The van der Waals surface area contributed by atoms with Crippen LogP contribution in [-0.2, 0) is 9.47 Å². The van der Waals surface area contributed by atoms with Gasteiger partial charge < -0.3 is 14.8 Å². The molecule has 3 unspecified atom stereocenters. The number of nitrogens with one attached hydrogen (secondary N) is 1. The molecule has 2 fully saturated rings. The molecule has 0 aromatic heterocycles. The summed E-state index contributed by atoms with van der Waals surface area (Å²) in [5.41, 5.74) is 1.23. The van der Waals surface area contributed by atoms with Crippen molar-refractivity contribution >= 4 is 5.69 Å². The first-order valence-corrected chi connectivity index (χ1v) is 7.80. The van der Waals surface area contributed by atoms with Gasteiger partial charge in [-0.15, -0.1) is 0 Å². The second-order valence-corrected chi connectivity index (χ2v) is 6.05. The smallest absolute Gasteiger partial charge is 0.0672 e. The normalized spacial score (nSPS) is 33.5. The fraction of sp³-hybridized carbons (Fsp3) is 0.647. The molecular formula is C17H25NO2. The molecule has 1 saturated heterocycles. The van der Waals surface area contributed by atoms with Gasteiger partial charge in [0.1, 0.15) is 0 Å². The van der Waals surface area contributed by atoms with Gasteiger partial charge in [0.05, 0.1) is 12.7 Å². The zero-order chi connectivity index (χ0) is 13.8. The zero-order valence-corrected chi connectivity index (χ0v) is 12.3. The molecule has 1 saturated carbocycles. The Bertz CT molecular complexity index is 409. The van der Waals surface area contributed by atoms with E-state index in [0.717, 1.165) is 13.2 Å². The summed E-state index contributed by atoms with van der Waals surface area (Å²) in [5, 5.41) is 3.72. The van der Waals surface area contributed by atoms with Crippen LogP contribution in [0.2, 0.25) is 0 Å². The molecule has 1 aromatic rings. The summed E-state index contributed by atoms with van der Waals surface area (Å²) in [7, 11) is 1.80. The average Bonchev–Trinajstić information content (AvgIpc) is 2.51. The van der Waals surface area contributed by atoms with Crippen molar-refractivity contribution in [2.24, 2.45) is 11.8 Å². The molecule has 0 radical (unpaired) electrons. The maximum atomic E-state index is 6.09. The number of methoxy groups -OCH3 is 1. The van der Waals surface area contributed by atoms with Gasteiger partial charge in [0.2, 0.25) is 0 Å². The number of anilines is 1. The zero-order valence-electron chi connectivity index (χ0n) is 12.3. The highest BCUT2D eigenvalue weighted by Crippen LogP contribution is 2.38. The first-order chi connectivity index (χ1) is 9.88. The molecule has 20 heavy (non-hydrogen) atoms. The molecule has 1 aliphatic carbocycles. The molecule has 4 atom stereocenters. The molecule has 3 heteroatoms. The first-order valence-electron chi connectivity index (χ1n) is 7.80. The molecule has 0 bridgehead atoms. The molecular weight excluding hydrogens is 250 g/mol. The Morgan fingerprint density at radius 2 is 2.05 bits per heavy atom. The Kier molecular flexibility index (Phi) is 4.58. The van der Waals surface area contributed by atoms with Crippen molar-refractivity contribution in [1.82, 2.24) is 0 Å². The van der Waals surface area contributed by atoms with Crippen molar-refractivity contribution in [1.29, 1.82) is 0 Å². The summed E-state index contributed by atoms with van der Waals surface area (Å²) in [4.78, 5) is 0. The van der Waals surface area contributed by atoms with E-state index in [1.807, 2.05) is 0 Å². The van der Waals surface area contributed by atoms with E-state index in [1.54, 1.807) is 7.11 Å². The van der Waals surface area contributed by atoms with Gasteiger partial charge in [0, 0.05) is 37.3 Å². The van der Waals surface area contributed by atoms with Gasteiger partial charge in [-0.2, -0.15) is 0 Å². The van der Waals surface area contributed by atoms with Crippen molar-refractivity contribution < 1.29 is 9.47 Å². The highest BCUT2D eigenvalue weighted by molar-refractivity contribution is 5.43. The minimum atomic E-state index is 0.374. The van der Waals surface area contributed by atoms with E-state index < -0.39 is 0 Å². The minimum absolute atomic E-state index is 0.374. The quantitative estimate of drug-likeness (QED) is 0.914. The minimum Gasteiger partial charge on any atom is -0.384 e. The number of ether oxygens (including phenoxy) is 2. The lowest BCUT2D eigenvalue weighted by atomic mass is 9.72. The summed E-state index contributed by atoms with van der Waals surface area (Å²) >= 11 is 0. The summed E-state index contributed by atoms with van der Waals surface area (Å²) in [6.45, 7) is 1.75. The van der Waals surface area contributed by atoms with E-state index in [9.17, 15) is 0 Å². The molecule has 110 valence electrons. The lowest BCUT2D eigenvalue weighted by Crippen LogP contribution is -2.50. The second-order valence-electron chi connectivity index (χ2n) is 6.05. The third-order valence-corrected chi connectivity index (χ3v) is 4.75. The third-order valence-electron chi connectivity index (χ3n) is 4.75. The number of rotatable bonds is 4. The molecule has 3 rings (SSSR count). The lowest BCUT2D eigenvalue weighted by molar-refractivity contribution is -0.0991. The molecule has 1 heterocycles. The van der Waals surface area contributed by atoms with Crippen LogP contribution >= 0.6 is 0 Å². The van der Waals surface area contributed by atoms with Crippen LogP contribution in [0.15, 0.2) is 30.3 Å². The number of para-hydroxylation sites is 1. The van der Waals surface area contributed by atoms with Crippen LogP contribution in [0.1, 0.15) is 25.7 Å². The topological polar surface area (TPSA) is 30.5 Å². The monoisotopic (exact) mass is 275 g/mol. The molecule has 1 aromatic carbocycles. The van der Waals surface area contributed by atoms with Crippen LogP contribution in [-0.4, -0.2) is 32.5 Å². The van der Waals surface area contributed by atoms with Crippen LogP contribution in [0.25, 0.3) is 0 Å². The predicted octanol–water partition coefficient (Wildman–Crippen LogP) is 3.32. The summed E-state index contributed by atoms with van der Waals surface area (Å²) in [6.07, 6.45) is 5.24. The molecule has 0 spiro atoms. The Morgan fingerprint density at radius 1 is 1.20 bits per heavy atom. The Hall–Kier alpha value is -1.06. The van der Waals surface area contributed by atoms with Crippen LogP contribution in [0.5, 0.6) is 0 Å². The number of fused-ring (bicyclic) bond motifs is 1. The maximum absolute atomic E-state index is 6.09.